The molecule has 1 aliphatic carbocycles. The predicted octanol–water partition coefficient (Wildman–Crippen LogP) is 2.93. The number of hydrogen-bond donors (Lipinski definition) is 1. The maximum absolute atomic E-state index is 4.12. The van der Waals surface area contributed by atoms with Crippen LogP contribution in [0.15, 0.2) is 0 Å². The zero-order valence-corrected chi connectivity index (χ0v) is 10.8. The molecule has 15 heavy (non-hydrogen) atoms. The normalized spacial score (nSPS) is 25.7. The Morgan fingerprint density at radius 1 is 1.47 bits per heavy atom. The first-order valence-electron chi connectivity index (χ1n) is 5.48. The Labute approximate surface area is 99.1 Å². The van der Waals surface area contributed by atoms with E-state index in [9.17, 15) is 0 Å². The van der Waals surface area contributed by atoms with Gasteiger partial charge in [0.25, 0.3) is 0 Å². The smallest absolute Gasteiger partial charge is 0.205 e. The van der Waals surface area contributed by atoms with Crippen LogP contribution in [0.25, 0.3) is 0 Å². The summed E-state index contributed by atoms with van der Waals surface area (Å²) >= 11 is 3.72. The van der Waals surface area contributed by atoms with Crippen LogP contribution in [0.3, 0.4) is 0 Å². The van der Waals surface area contributed by atoms with Crippen molar-refractivity contribution in [3.05, 3.63) is 5.01 Å². The molecule has 1 N–H and O–H groups in total. The number of anilines is 1. The van der Waals surface area contributed by atoms with Gasteiger partial charge in [-0.05, 0) is 25.5 Å². The average Bonchev–Trinajstić information content (AvgIpc) is 2.78. The summed E-state index contributed by atoms with van der Waals surface area (Å²) in [5.41, 5.74) is 0. The molecule has 1 aromatic rings. The van der Waals surface area contributed by atoms with Crippen LogP contribution in [0.1, 0.15) is 31.2 Å². The molecule has 0 spiro atoms. The minimum Gasteiger partial charge on any atom is -0.356 e. The minimum atomic E-state index is 0.599. The Balaban J connectivity index is 1.93. The topological polar surface area (TPSA) is 37.8 Å². The Morgan fingerprint density at radius 3 is 3.00 bits per heavy atom. The van der Waals surface area contributed by atoms with Crippen molar-refractivity contribution in [2.75, 3.05) is 11.1 Å². The van der Waals surface area contributed by atoms with Crippen molar-refractivity contribution in [3.63, 3.8) is 0 Å². The highest BCUT2D eigenvalue weighted by Gasteiger charge is 2.27. The van der Waals surface area contributed by atoms with Gasteiger partial charge in [-0.25, -0.2) is 0 Å². The summed E-state index contributed by atoms with van der Waals surface area (Å²) in [7, 11) is 0. The molecule has 5 heteroatoms. The van der Waals surface area contributed by atoms with Gasteiger partial charge in [-0.3, -0.25) is 0 Å². The summed E-state index contributed by atoms with van der Waals surface area (Å²) in [4.78, 5) is 0. The third-order valence-corrected chi connectivity index (χ3v) is 4.76. The van der Waals surface area contributed by atoms with Crippen molar-refractivity contribution in [2.24, 2.45) is 0 Å². The molecule has 2 unspecified atom stereocenters. The highest BCUT2D eigenvalue weighted by molar-refractivity contribution is 7.99. The SMILES string of the molecule is CCSC1CCCC1Nc1nnc(C)s1. The van der Waals surface area contributed by atoms with Crippen LogP contribution in [-0.4, -0.2) is 27.2 Å². The average molecular weight is 243 g/mol. The Kier molecular flexibility index (Phi) is 3.86. The zero-order chi connectivity index (χ0) is 10.7. The molecule has 0 radical (unpaired) electrons. The summed E-state index contributed by atoms with van der Waals surface area (Å²) in [6.45, 7) is 4.23. The summed E-state index contributed by atoms with van der Waals surface area (Å²) in [5, 5.41) is 14.5. The monoisotopic (exact) mass is 243 g/mol. The van der Waals surface area contributed by atoms with Gasteiger partial charge in [-0.1, -0.05) is 24.7 Å². The first-order chi connectivity index (χ1) is 7.29. The predicted molar refractivity (Wildman–Crippen MR) is 67.8 cm³/mol. The Bertz CT molecular complexity index is 313. The van der Waals surface area contributed by atoms with Crippen molar-refractivity contribution in [1.29, 1.82) is 0 Å². The van der Waals surface area contributed by atoms with Gasteiger partial charge in [0, 0.05) is 11.3 Å². The molecule has 1 saturated carbocycles. The minimum absolute atomic E-state index is 0.599. The quantitative estimate of drug-likeness (QED) is 0.882. The van der Waals surface area contributed by atoms with Crippen molar-refractivity contribution < 1.29 is 0 Å². The molecule has 0 amide bonds. The second kappa shape index (κ2) is 5.16. The van der Waals surface area contributed by atoms with E-state index in [1.165, 1.54) is 25.0 Å². The number of nitrogens with one attached hydrogen (secondary N) is 1. The van der Waals surface area contributed by atoms with Crippen LogP contribution in [-0.2, 0) is 0 Å². The number of rotatable bonds is 4. The lowest BCUT2D eigenvalue weighted by atomic mass is 10.2. The molecule has 84 valence electrons. The number of aryl methyl sites for hydroxylation is 1. The maximum Gasteiger partial charge on any atom is 0.205 e. The standard InChI is InChI=1S/C10H17N3S2/c1-3-14-9-6-4-5-8(9)11-10-13-12-7(2)15-10/h8-9H,3-6H2,1-2H3,(H,11,13). The Morgan fingerprint density at radius 2 is 2.33 bits per heavy atom. The van der Waals surface area contributed by atoms with E-state index in [0.717, 1.165) is 15.4 Å². The van der Waals surface area contributed by atoms with E-state index in [0.29, 0.717) is 6.04 Å². The molecule has 2 atom stereocenters. The molecule has 0 saturated heterocycles. The van der Waals surface area contributed by atoms with E-state index in [2.05, 4.69) is 34.2 Å². The molecule has 0 aliphatic heterocycles. The van der Waals surface area contributed by atoms with Crippen LogP contribution in [0.5, 0.6) is 0 Å². The second-order valence-electron chi connectivity index (χ2n) is 3.80. The fourth-order valence-corrected chi connectivity index (χ4v) is 3.87. The lowest BCUT2D eigenvalue weighted by Gasteiger charge is -2.19. The first kappa shape index (κ1) is 11.2. The molecular weight excluding hydrogens is 226 g/mol. The third kappa shape index (κ3) is 2.84. The van der Waals surface area contributed by atoms with Gasteiger partial charge in [0.05, 0.1) is 0 Å². The molecule has 1 aromatic heterocycles. The molecule has 1 aliphatic rings. The van der Waals surface area contributed by atoms with Crippen molar-refractivity contribution in [2.45, 2.75) is 44.4 Å². The summed E-state index contributed by atoms with van der Waals surface area (Å²) in [6, 6.07) is 0.599. The van der Waals surface area contributed by atoms with Crippen LogP contribution < -0.4 is 5.32 Å². The van der Waals surface area contributed by atoms with Gasteiger partial charge in [-0.2, -0.15) is 11.8 Å². The number of nitrogens with zero attached hydrogens (tertiary/aromatic N) is 2. The highest BCUT2D eigenvalue weighted by Crippen LogP contribution is 2.32. The van der Waals surface area contributed by atoms with Crippen LogP contribution >= 0.6 is 23.1 Å². The fourth-order valence-electron chi connectivity index (χ4n) is 2.02. The van der Waals surface area contributed by atoms with E-state index in [1.54, 1.807) is 11.3 Å². The second-order valence-corrected chi connectivity index (χ2v) is 6.50. The molecule has 3 nitrogen and oxygen atoms in total. The number of thioether (sulfide) groups is 1. The van der Waals surface area contributed by atoms with Crippen LogP contribution in [0.2, 0.25) is 0 Å². The van der Waals surface area contributed by atoms with Crippen molar-refractivity contribution in [1.82, 2.24) is 10.2 Å². The molecular formula is C10H17N3S2. The largest absolute Gasteiger partial charge is 0.356 e. The molecule has 2 rings (SSSR count). The van der Waals surface area contributed by atoms with Crippen LogP contribution in [0, 0.1) is 6.92 Å². The van der Waals surface area contributed by atoms with E-state index < -0.39 is 0 Å². The molecule has 0 aromatic carbocycles. The van der Waals surface area contributed by atoms with Gasteiger partial charge < -0.3 is 5.32 Å². The van der Waals surface area contributed by atoms with E-state index in [1.807, 2.05) is 6.92 Å². The number of hydrogen-bond acceptors (Lipinski definition) is 5. The summed E-state index contributed by atoms with van der Waals surface area (Å²) in [5.74, 6) is 1.21. The van der Waals surface area contributed by atoms with Gasteiger partial charge in [0.2, 0.25) is 5.13 Å². The van der Waals surface area contributed by atoms with E-state index in [-0.39, 0.29) is 0 Å². The van der Waals surface area contributed by atoms with E-state index in [4.69, 9.17) is 0 Å². The Hall–Kier alpha value is -0.290. The molecule has 0 bridgehead atoms. The van der Waals surface area contributed by atoms with Gasteiger partial charge in [0.1, 0.15) is 5.01 Å². The third-order valence-electron chi connectivity index (χ3n) is 2.67. The van der Waals surface area contributed by atoms with Gasteiger partial charge >= 0.3 is 0 Å². The van der Waals surface area contributed by atoms with Crippen LogP contribution in [0.4, 0.5) is 5.13 Å². The number of aromatic nitrogens is 2. The first-order valence-corrected chi connectivity index (χ1v) is 7.34. The van der Waals surface area contributed by atoms with Crippen molar-refractivity contribution >= 4 is 28.2 Å². The maximum atomic E-state index is 4.12. The lowest BCUT2D eigenvalue weighted by molar-refractivity contribution is 0.763. The van der Waals surface area contributed by atoms with Crippen molar-refractivity contribution in [3.8, 4) is 0 Å². The van der Waals surface area contributed by atoms with E-state index >= 15 is 0 Å². The lowest BCUT2D eigenvalue weighted by Crippen LogP contribution is -2.26. The molecule has 1 heterocycles. The summed E-state index contributed by atoms with van der Waals surface area (Å²) < 4.78 is 0. The fraction of sp³-hybridized carbons (Fsp3) is 0.800. The van der Waals surface area contributed by atoms with Gasteiger partial charge in [0.15, 0.2) is 0 Å². The highest BCUT2D eigenvalue weighted by atomic mass is 32.2. The zero-order valence-electron chi connectivity index (χ0n) is 9.19. The van der Waals surface area contributed by atoms with Gasteiger partial charge in [-0.15, -0.1) is 10.2 Å². The summed E-state index contributed by atoms with van der Waals surface area (Å²) in [6.07, 6.45) is 3.96. The molecule has 1 fully saturated rings.